The zero-order chi connectivity index (χ0) is 20.5. The number of hydrogen-bond donors (Lipinski definition) is 1. The minimum absolute atomic E-state index is 0.0646. The van der Waals surface area contributed by atoms with Gasteiger partial charge in [0.15, 0.2) is 5.12 Å². The SMILES string of the molecule is N#CCCSC(=O)CCN(C(=O)OCc1ccc([N+](=O)[O-])cc1)[C@@H]1CC(=O)N1. The van der Waals surface area contributed by atoms with E-state index in [1.165, 1.54) is 29.2 Å². The highest BCUT2D eigenvalue weighted by Crippen LogP contribution is 2.17. The highest BCUT2D eigenvalue weighted by Gasteiger charge is 2.35. The molecule has 0 aromatic heterocycles. The lowest BCUT2D eigenvalue weighted by atomic mass is 10.1. The van der Waals surface area contributed by atoms with Gasteiger partial charge in [-0.2, -0.15) is 5.26 Å². The lowest BCUT2D eigenvalue weighted by Crippen LogP contribution is -2.60. The fraction of sp³-hybridized carbons (Fsp3) is 0.412. The Bertz CT molecular complexity index is 784. The van der Waals surface area contributed by atoms with Crippen LogP contribution in [-0.2, 0) is 20.9 Å². The smallest absolute Gasteiger partial charge is 0.411 e. The summed E-state index contributed by atoms with van der Waals surface area (Å²) in [5, 5.41) is 21.5. The van der Waals surface area contributed by atoms with E-state index >= 15 is 0 Å². The molecule has 0 radical (unpaired) electrons. The zero-order valence-corrected chi connectivity index (χ0v) is 15.6. The van der Waals surface area contributed by atoms with Crippen LogP contribution in [0.5, 0.6) is 0 Å². The van der Waals surface area contributed by atoms with Crippen molar-refractivity contribution in [2.24, 2.45) is 0 Å². The molecule has 1 atom stereocenters. The van der Waals surface area contributed by atoms with E-state index in [9.17, 15) is 24.5 Å². The molecule has 2 amide bonds. The summed E-state index contributed by atoms with van der Waals surface area (Å²) in [6.45, 7) is -0.0265. The largest absolute Gasteiger partial charge is 0.444 e. The van der Waals surface area contributed by atoms with Crippen LogP contribution in [0, 0.1) is 21.4 Å². The molecule has 10 nitrogen and oxygen atoms in total. The summed E-state index contributed by atoms with van der Waals surface area (Å²) in [6.07, 6.45) is -0.778. The zero-order valence-electron chi connectivity index (χ0n) is 14.8. The van der Waals surface area contributed by atoms with Crippen LogP contribution in [0.15, 0.2) is 24.3 Å². The van der Waals surface area contributed by atoms with Crippen LogP contribution in [0.1, 0.15) is 24.8 Å². The normalized spacial score (nSPS) is 15.0. The number of thioether (sulfide) groups is 1. The van der Waals surface area contributed by atoms with Crippen molar-refractivity contribution in [1.29, 1.82) is 5.26 Å². The Morgan fingerprint density at radius 3 is 2.64 bits per heavy atom. The Labute approximate surface area is 165 Å². The summed E-state index contributed by atoms with van der Waals surface area (Å²) in [5.74, 6) is 0.188. The summed E-state index contributed by atoms with van der Waals surface area (Å²) in [4.78, 5) is 46.8. The number of amides is 2. The third-order valence-corrected chi connectivity index (χ3v) is 4.79. The molecule has 1 aromatic rings. The van der Waals surface area contributed by atoms with E-state index in [-0.39, 0.29) is 49.1 Å². The van der Waals surface area contributed by atoms with E-state index in [2.05, 4.69) is 5.32 Å². The number of carbonyl (C=O) groups excluding carboxylic acids is 3. The van der Waals surface area contributed by atoms with Gasteiger partial charge in [0, 0.05) is 37.3 Å². The molecule has 1 saturated heterocycles. The molecule has 1 fully saturated rings. The first-order valence-electron chi connectivity index (χ1n) is 8.39. The Balaban J connectivity index is 1.88. The van der Waals surface area contributed by atoms with E-state index in [0.29, 0.717) is 11.3 Å². The van der Waals surface area contributed by atoms with Crippen LogP contribution < -0.4 is 5.32 Å². The highest BCUT2D eigenvalue weighted by atomic mass is 32.2. The Hall–Kier alpha value is -3.13. The van der Waals surface area contributed by atoms with Crippen molar-refractivity contribution in [3.8, 4) is 6.07 Å². The van der Waals surface area contributed by atoms with Crippen LogP contribution >= 0.6 is 11.8 Å². The first kappa shape index (κ1) is 21.2. The fourth-order valence-corrected chi connectivity index (χ4v) is 3.00. The standard InChI is InChI=1S/C17H18N4O6S/c18-7-1-9-28-16(23)6-8-20(14-10-15(22)19-14)17(24)27-11-12-2-4-13(5-3-12)21(25)26/h2-5,14H,1,6,8-11H2,(H,19,22)/t14-/m1/s1. The van der Waals surface area contributed by atoms with E-state index in [1.807, 2.05) is 6.07 Å². The molecule has 1 heterocycles. The van der Waals surface area contributed by atoms with Gasteiger partial charge in [0.25, 0.3) is 5.69 Å². The first-order chi connectivity index (χ1) is 13.4. The fourth-order valence-electron chi connectivity index (χ4n) is 2.34. The van der Waals surface area contributed by atoms with Gasteiger partial charge < -0.3 is 10.1 Å². The number of carbonyl (C=O) groups is 3. The van der Waals surface area contributed by atoms with E-state index in [4.69, 9.17) is 10.00 Å². The molecule has 148 valence electrons. The van der Waals surface area contributed by atoms with Crippen molar-refractivity contribution in [2.75, 3.05) is 12.3 Å². The molecule has 0 aliphatic carbocycles. The molecule has 0 spiro atoms. The number of nitrogens with one attached hydrogen (secondary N) is 1. The summed E-state index contributed by atoms with van der Waals surface area (Å²) < 4.78 is 5.22. The molecular weight excluding hydrogens is 388 g/mol. The second-order valence-electron chi connectivity index (χ2n) is 5.84. The predicted molar refractivity (Wildman–Crippen MR) is 98.8 cm³/mol. The van der Waals surface area contributed by atoms with E-state index in [1.54, 1.807) is 0 Å². The molecule has 2 rings (SSSR count). The van der Waals surface area contributed by atoms with Gasteiger partial charge >= 0.3 is 6.09 Å². The number of hydrogen-bond acceptors (Lipinski definition) is 8. The average molecular weight is 406 g/mol. The number of rotatable bonds is 9. The minimum atomic E-state index is -0.696. The maximum atomic E-state index is 12.4. The summed E-state index contributed by atoms with van der Waals surface area (Å²) in [6, 6.07) is 7.53. The lowest BCUT2D eigenvalue weighted by molar-refractivity contribution is -0.384. The minimum Gasteiger partial charge on any atom is -0.444 e. The van der Waals surface area contributed by atoms with Gasteiger partial charge in [-0.05, 0) is 17.7 Å². The molecule has 0 bridgehead atoms. The van der Waals surface area contributed by atoms with Crippen molar-refractivity contribution in [3.05, 3.63) is 39.9 Å². The molecular formula is C17H18N4O6S. The van der Waals surface area contributed by atoms with Gasteiger partial charge in [-0.15, -0.1) is 0 Å². The third-order valence-electron chi connectivity index (χ3n) is 3.86. The quantitative estimate of drug-likeness (QED) is 0.284. The molecule has 1 aromatic carbocycles. The molecule has 1 N–H and O–H groups in total. The number of β-lactam (4-membered cyclic amide) rings is 1. The molecule has 28 heavy (non-hydrogen) atoms. The van der Waals surface area contributed by atoms with Crippen LogP contribution in [0.2, 0.25) is 0 Å². The lowest BCUT2D eigenvalue weighted by Gasteiger charge is -2.36. The van der Waals surface area contributed by atoms with Gasteiger partial charge in [-0.3, -0.25) is 24.6 Å². The van der Waals surface area contributed by atoms with Crippen molar-refractivity contribution >= 4 is 34.6 Å². The molecule has 11 heteroatoms. The summed E-state index contributed by atoms with van der Waals surface area (Å²) in [7, 11) is 0. The van der Waals surface area contributed by atoms with Crippen molar-refractivity contribution in [1.82, 2.24) is 10.2 Å². The van der Waals surface area contributed by atoms with Gasteiger partial charge in [0.1, 0.15) is 12.8 Å². The second-order valence-corrected chi connectivity index (χ2v) is 6.99. The molecule has 0 unspecified atom stereocenters. The van der Waals surface area contributed by atoms with Crippen LogP contribution in [0.3, 0.4) is 0 Å². The highest BCUT2D eigenvalue weighted by molar-refractivity contribution is 8.13. The average Bonchev–Trinajstić information content (AvgIpc) is 2.65. The number of nitrogens with zero attached hydrogens (tertiary/aromatic N) is 3. The second kappa shape index (κ2) is 10.3. The Kier molecular flexibility index (Phi) is 7.76. The van der Waals surface area contributed by atoms with Crippen molar-refractivity contribution in [2.45, 2.75) is 32.0 Å². The van der Waals surface area contributed by atoms with Crippen molar-refractivity contribution < 1.29 is 24.0 Å². The van der Waals surface area contributed by atoms with Crippen LogP contribution in [-0.4, -0.2) is 45.4 Å². The predicted octanol–water partition coefficient (Wildman–Crippen LogP) is 1.94. The van der Waals surface area contributed by atoms with Crippen LogP contribution in [0.25, 0.3) is 0 Å². The molecule has 1 aliphatic rings. The number of nitriles is 1. The molecule has 0 saturated carbocycles. The number of ether oxygens (including phenoxy) is 1. The topological polar surface area (TPSA) is 143 Å². The van der Waals surface area contributed by atoms with Crippen LogP contribution in [0.4, 0.5) is 10.5 Å². The number of nitro groups is 1. The van der Waals surface area contributed by atoms with Gasteiger partial charge in [-0.1, -0.05) is 11.8 Å². The molecule has 1 aliphatic heterocycles. The monoisotopic (exact) mass is 406 g/mol. The van der Waals surface area contributed by atoms with E-state index in [0.717, 1.165) is 11.8 Å². The third kappa shape index (κ3) is 6.24. The Morgan fingerprint density at radius 2 is 2.07 bits per heavy atom. The van der Waals surface area contributed by atoms with Gasteiger partial charge in [0.05, 0.1) is 17.4 Å². The summed E-state index contributed by atoms with van der Waals surface area (Å²) in [5.41, 5.74) is 0.501. The van der Waals surface area contributed by atoms with Crippen molar-refractivity contribution in [3.63, 3.8) is 0 Å². The maximum absolute atomic E-state index is 12.4. The van der Waals surface area contributed by atoms with E-state index < -0.39 is 17.2 Å². The van der Waals surface area contributed by atoms with Gasteiger partial charge in [-0.25, -0.2) is 4.79 Å². The maximum Gasteiger partial charge on any atom is 0.411 e. The number of non-ortho nitro benzene ring substituents is 1. The first-order valence-corrected chi connectivity index (χ1v) is 9.38. The Morgan fingerprint density at radius 1 is 1.39 bits per heavy atom. The van der Waals surface area contributed by atoms with Gasteiger partial charge in [0.2, 0.25) is 5.91 Å². The summed E-state index contributed by atoms with van der Waals surface area (Å²) >= 11 is 1.02. The number of nitro benzene ring substituents is 1. The number of benzene rings is 1.